The van der Waals surface area contributed by atoms with E-state index in [-0.39, 0.29) is 11.6 Å². The summed E-state index contributed by atoms with van der Waals surface area (Å²) in [6.07, 6.45) is 9.14. The molecule has 3 heterocycles. The van der Waals surface area contributed by atoms with E-state index in [9.17, 15) is 10.1 Å². The molecule has 0 spiro atoms. The van der Waals surface area contributed by atoms with Gasteiger partial charge in [-0.15, -0.1) is 0 Å². The van der Waals surface area contributed by atoms with Crippen LogP contribution < -0.4 is 19.9 Å². The maximum absolute atomic E-state index is 11.8. The molecule has 4 rings (SSSR count). The average Bonchev–Trinajstić information content (AvgIpc) is 2.81. The predicted molar refractivity (Wildman–Crippen MR) is 119 cm³/mol. The number of ether oxygens (including phenoxy) is 2. The highest BCUT2D eigenvalue weighted by Gasteiger charge is 2.25. The van der Waals surface area contributed by atoms with Crippen molar-refractivity contribution in [1.29, 1.82) is 0 Å². The van der Waals surface area contributed by atoms with Crippen LogP contribution in [0.5, 0.6) is 5.75 Å². The zero-order valence-corrected chi connectivity index (χ0v) is 17.6. The van der Waals surface area contributed by atoms with Crippen LogP contribution in [0.25, 0.3) is 0 Å². The van der Waals surface area contributed by atoms with E-state index in [2.05, 4.69) is 15.3 Å². The molecule has 2 aromatic rings. The third-order valence-electron chi connectivity index (χ3n) is 4.90. The van der Waals surface area contributed by atoms with Gasteiger partial charge < -0.3 is 24.6 Å². The highest BCUT2D eigenvalue weighted by molar-refractivity contribution is 6.32. The van der Waals surface area contributed by atoms with E-state index in [1.807, 2.05) is 34.2 Å². The largest absolute Gasteiger partial charge is 0.494 e. The van der Waals surface area contributed by atoms with Crippen LogP contribution in [0.2, 0.25) is 5.02 Å². The molecular weight excluding hydrogens is 424 g/mol. The molecule has 31 heavy (non-hydrogen) atoms. The summed E-state index contributed by atoms with van der Waals surface area (Å²) in [6.45, 7) is 2.79. The van der Waals surface area contributed by atoms with Crippen LogP contribution in [0.15, 0.2) is 42.8 Å². The summed E-state index contributed by atoms with van der Waals surface area (Å²) in [4.78, 5) is 23.9. The van der Waals surface area contributed by atoms with Crippen LogP contribution in [0.3, 0.4) is 0 Å². The van der Waals surface area contributed by atoms with E-state index in [0.29, 0.717) is 60.8 Å². The Hall–Kier alpha value is -3.37. The Labute approximate surface area is 183 Å². The number of aromatic nitrogens is 2. The number of allylic oxidation sites excluding steroid dienone is 2. The number of rotatable bonds is 6. The Morgan fingerprint density at radius 3 is 2.77 bits per heavy atom. The number of methoxy groups -OCH3 is 1. The summed E-state index contributed by atoms with van der Waals surface area (Å²) < 4.78 is 10.9. The molecule has 1 fully saturated rings. The predicted octanol–water partition coefficient (Wildman–Crippen LogP) is 3.52. The second-order valence-corrected chi connectivity index (χ2v) is 7.22. The van der Waals surface area contributed by atoms with Gasteiger partial charge in [-0.05, 0) is 6.08 Å². The molecule has 2 aliphatic heterocycles. The fourth-order valence-electron chi connectivity index (χ4n) is 3.39. The Bertz CT molecular complexity index is 1040. The molecule has 1 aromatic heterocycles. The quantitative estimate of drug-likeness (QED) is 0.529. The lowest BCUT2D eigenvalue weighted by Gasteiger charge is -2.29. The van der Waals surface area contributed by atoms with Gasteiger partial charge in [0, 0.05) is 38.0 Å². The lowest BCUT2D eigenvalue weighted by Crippen LogP contribution is -2.36. The Morgan fingerprint density at radius 2 is 2.10 bits per heavy atom. The van der Waals surface area contributed by atoms with Crippen LogP contribution in [-0.4, -0.2) is 54.8 Å². The van der Waals surface area contributed by atoms with Gasteiger partial charge in [-0.3, -0.25) is 10.1 Å². The fraction of sp³-hybridized carbons (Fsp3) is 0.300. The molecule has 0 atom stereocenters. The van der Waals surface area contributed by atoms with Gasteiger partial charge in [0.15, 0.2) is 5.82 Å². The van der Waals surface area contributed by atoms with Crippen molar-refractivity contribution in [3.05, 3.63) is 57.9 Å². The van der Waals surface area contributed by atoms with Crippen LogP contribution >= 0.6 is 11.6 Å². The maximum atomic E-state index is 11.8. The molecule has 2 aliphatic rings. The van der Waals surface area contributed by atoms with E-state index in [1.54, 1.807) is 6.07 Å². The normalized spacial score (nSPS) is 15.8. The van der Waals surface area contributed by atoms with E-state index in [0.717, 1.165) is 0 Å². The first-order valence-corrected chi connectivity index (χ1v) is 10.0. The minimum Gasteiger partial charge on any atom is -0.494 e. The van der Waals surface area contributed by atoms with Gasteiger partial charge >= 0.3 is 0 Å². The molecule has 1 saturated heterocycles. The highest BCUT2D eigenvalue weighted by Crippen LogP contribution is 2.39. The van der Waals surface area contributed by atoms with Gasteiger partial charge in [0.2, 0.25) is 5.95 Å². The fourth-order valence-corrected chi connectivity index (χ4v) is 3.59. The van der Waals surface area contributed by atoms with Crippen molar-refractivity contribution in [1.82, 2.24) is 9.97 Å². The number of nitro groups is 1. The summed E-state index contributed by atoms with van der Waals surface area (Å²) in [5.74, 6) is 1.21. The third kappa shape index (κ3) is 4.54. The smallest absolute Gasteiger partial charge is 0.294 e. The van der Waals surface area contributed by atoms with Gasteiger partial charge in [0.25, 0.3) is 5.69 Å². The number of anilines is 4. The third-order valence-corrected chi connectivity index (χ3v) is 5.17. The number of nitrogens with one attached hydrogen (secondary N) is 1. The van der Waals surface area contributed by atoms with Gasteiger partial charge in [0.1, 0.15) is 16.5 Å². The average molecular weight is 445 g/mol. The number of morpholine rings is 1. The zero-order chi connectivity index (χ0) is 21.8. The highest BCUT2D eigenvalue weighted by atomic mass is 35.5. The summed E-state index contributed by atoms with van der Waals surface area (Å²) in [7, 11) is 1.51. The SMILES string of the molecule is COc1cc(N2CCOCC2)c([N+](=O)[O-])cc1Nc1ncc(Cl)c(N2C=CC=CC2)n1. The van der Waals surface area contributed by atoms with Crippen molar-refractivity contribution >= 4 is 40.4 Å². The standard InChI is InChI=1S/C20H21ClN6O4/c1-30-18-12-16(25-7-9-31-10-8-25)17(27(28)29)11-15(18)23-20-22-13-14(21)19(24-20)26-5-3-2-4-6-26/h2-5,11-13H,6-10H2,1H3,(H,22,23,24). The molecular formula is C20H21ClN6O4. The topological polar surface area (TPSA) is 106 Å². The Balaban J connectivity index is 1.68. The molecule has 10 nitrogen and oxygen atoms in total. The molecule has 0 saturated carbocycles. The number of hydrogen-bond acceptors (Lipinski definition) is 9. The van der Waals surface area contributed by atoms with Gasteiger partial charge in [-0.2, -0.15) is 4.98 Å². The number of nitrogens with zero attached hydrogens (tertiary/aromatic N) is 5. The van der Waals surface area contributed by atoms with Crippen molar-refractivity contribution in [3.8, 4) is 5.75 Å². The molecule has 0 unspecified atom stereocenters. The first-order chi connectivity index (χ1) is 15.1. The second-order valence-electron chi connectivity index (χ2n) is 6.81. The van der Waals surface area contributed by atoms with E-state index < -0.39 is 4.92 Å². The van der Waals surface area contributed by atoms with Crippen LogP contribution in [0, 0.1) is 10.1 Å². The lowest BCUT2D eigenvalue weighted by molar-refractivity contribution is -0.384. The zero-order valence-electron chi connectivity index (χ0n) is 16.8. The van der Waals surface area contributed by atoms with Gasteiger partial charge in [-0.25, -0.2) is 4.98 Å². The Morgan fingerprint density at radius 1 is 1.29 bits per heavy atom. The van der Waals surface area contributed by atoms with Crippen molar-refractivity contribution in [2.75, 3.05) is 55.1 Å². The van der Waals surface area contributed by atoms with Crippen molar-refractivity contribution in [2.24, 2.45) is 0 Å². The minimum atomic E-state index is -0.408. The molecule has 162 valence electrons. The van der Waals surface area contributed by atoms with E-state index in [4.69, 9.17) is 21.1 Å². The van der Waals surface area contributed by atoms with Gasteiger partial charge in [0.05, 0.1) is 37.1 Å². The van der Waals surface area contributed by atoms with Gasteiger partial charge in [-0.1, -0.05) is 23.8 Å². The number of hydrogen-bond donors (Lipinski definition) is 1. The number of nitro benzene ring substituents is 1. The minimum absolute atomic E-state index is 0.0384. The molecule has 1 aromatic carbocycles. The van der Waals surface area contributed by atoms with E-state index >= 15 is 0 Å². The van der Waals surface area contributed by atoms with Crippen LogP contribution in [-0.2, 0) is 4.74 Å². The van der Waals surface area contributed by atoms with Crippen molar-refractivity contribution in [2.45, 2.75) is 0 Å². The first kappa shape index (κ1) is 20.9. The number of halogens is 1. The summed E-state index contributed by atoms with van der Waals surface area (Å²) in [5, 5.41) is 15.2. The maximum Gasteiger partial charge on any atom is 0.294 e. The van der Waals surface area contributed by atoms with E-state index in [1.165, 1.54) is 19.4 Å². The molecule has 11 heteroatoms. The number of benzene rings is 1. The summed E-state index contributed by atoms with van der Waals surface area (Å²) in [6, 6.07) is 3.09. The molecule has 0 bridgehead atoms. The summed E-state index contributed by atoms with van der Waals surface area (Å²) >= 11 is 6.28. The first-order valence-electron chi connectivity index (χ1n) is 9.65. The molecule has 1 N–H and O–H groups in total. The van der Waals surface area contributed by atoms with Crippen molar-refractivity contribution < 1.29 is 14.4 Å². The second kappa shape index (κ2) is 9.19. The van der Waals surface area contributed by atoms with Crippen molar-refractivity contribution in [3.63, 3.8) is 0 Å². The molecule has 0 amide bonds. The molecule has 0 radical (unpaired) electrons. The van der Waals surface area contributed by atoms with Crippen LogP contribution in [0.4, 0.5) is 28.8 Å². The summed E-state index contributed by atoms with van der Waals surface area (Å²) in [5.41, 5.74) is 0.829. The Kier molecular flexibility index (Phi) is 6.19. The molecule has 0 aliphatic carbocycles. The lowest BCUT2D eigenvalue weighted by atomic mass is 10.2. The van der Waals surface area contributed by atoms with Crippen LogP contribution in [0.1, 0.15) is 0 Å². The monoisotopic (exact) mass is 444 g/mol.